The number of carbonyl (C=O) groups excluding carboxylic acids is 1. The molecule has 0 saturated carbocycles. The van der Waals surface area contributed by atoms with E-state index in [0.29, 0.717) is 0 Å². The maximum atomic E-state index is 12.0. The van der Waals surface area contributed by atoms with E-state index in [-0.39, 0.29) is 23.9 Å². The van der Waals surface area contributed by atoms with Crippen molar-refractivity contribution in [2.24, 2.45) is 0 Å². The predicted molar refractivity (Wildman–Crippen MR) is 84.0 cm³/mol. The third-order valence-electron chi connectivity index (χ3n) is 3.25. The van der Waals surface area contributed by atoms with Gasteiger partial charge in [-0.1, -0.05) is 12.1 Å². The number of benzene rings is 1. The molecular weight excluding hydrogens is 278 g/mol. The Balaban J connectivity index is 1.66. The van der Waals surface area contributed by atoms with Gasteiger partial charge in [0.05, 0.1) is 6.42 Å². The monoisotopic (exact) mass is 293 g/mol. The molecule has 0 bridgehead atoms. The fraction of sp³-hybridized carbons (Fsp3) is 0.0588. The van der Waals surface area contributed by atoms with Crippen molar-refractivity contribution in [1.82, 2.24) is 9.55 Å². The Morgan fingerprint density at radius 3 is 2.50 bits per heavy atom. The zero-order valence-electron chi connectivity index (χ0n) is 11.8. The Morgan fingerprint density at radius 2 is 1.82 bits per heavy atom. The van der Waals surface area contributed by atoms with Gasteiger partial charge in [-0.2, -0.15) is 0 Å². The van der Waals surface area contributed by atoms with Crippen LogP contribution in [-0.4, -0.2) is 20.6 Å². The van der Waals surface area contributed by atoms with Gasteiger partial charge in [0.1, 0.15) is 0 Å². The minimum absolute atomic E-state index is 0.0428. The summed E-state index contributed by atoms with van der Waals surface area (Å²) >= 11 is 0. The summed E-state index contributed by atoms with van der Waals surface area (Å²) in [6, 6.07) is 14.7. The van der Waals surface area contributed by atoms with Crippen molar-refractivity contribution in [1.29, 1.82) is 0 Å². The van der Waals surface area contributed by atoms with Crippen LogP contribution in [0, 0.1) is 0 Å². The molecule has 2 heterocycles. The Hall–Kier alpha value is -3.08. The van der Waals surface area contributed by atoms with Gasteiger partial charge in [0.25, 0.3) is 0 Å². The smallest absolute Gasteiger partial charge is 0.230 e. The largest absolute Gasteiger partial charge is 0.504 e. The van der Waals surface area contributed by atoms with Crippen molar-refractivity contribution in [2.45, 2.75) is 6.42 Å². The lowest BCUT2D eigenvalue weighted by Gasteiger charge is -2.07. The molecule has 0 aliphatic rings. The molecule has 5 heteroatoms. The van der Waals surface area contributed by atoms with Crippen LogP contribution < -0.4 is 5.32 Å². The number of pyridine rings is 1. The summed E-state index contributed by atoms with van der Waals surface area (Å²) in [4.78, 5) is 15.9. The summed E-state index contributed by atoms with van der Waals surface area (Å²) in [5, 5.41) is 12.2. The number of nitrogens with one attached hydrogen (secondary N) is 1. The highest BCUT2D eigenvalue weighted by Gasteiger charge is 2.08. The minimum Gasteiger partial charge on any atom is -0.504 e. The number of aromatic hydroxyl groups is 1. The van der Waals surface area contributed by atoms with E-state index in [1.54, 1.807) is 6.07 Å². The molecule has 0 fully saturated rings. The highest BCUT2D eigenvalue weighted by molar-refractivity contribution is 5.92. The molecule has 1 amide bonds. The Bertz CT molecular complexity index is 765. The second-order valence-corrected chi connectivity index (χ2v) is 4.85. The first-order chi connectivity index (χ1) is 10.7. The Morgan fingerprint density at radius 1 is 1.09 bits per heavy atom. The quantitative estimate of drug-likeness (QED) is 0.777. The lowest BCUT2D eigenvalue weighted by atomic mass is 10.1. The molecule has 3 aromatic rings. The lowest BCUT2D eigenvalue weighted by Crippen LogP contribution is -2.15. The van der Waals surface area contributed by atoms with Crippen molar-refractivity contribution < 1.29 is 9.90 Å². The summed E-state index contributed by atoms with van der Waals surface area (Å²) in [6.07, 6.45) is 5.67. The summed E-state index contributed by atoms with van der Waals surface area (Å²) < 4.78 is 2.00. The highest BCUT2D eigenvalue weighted by Crippen LogP contribution is 2.18. The van der Waals surface area contributed by atoms with E-state index in [2.05, 4.69) is 10.3 Å². The van der Waals surface area contributed by atoms with Crippen molar-refractivity contribution in [3.05, 3.63) is 72.7 Å². The Labute approximate surface area is 127 Å². The molecule has 2 N–H and O–H groups in total. The highest BCUT2D eigenvalue weighted by atomic mass is 16.3. The second-order valence-electron chi connectivity index (χ2n) is 4.85. The minimum atomic E-state index is -0.220. The summed E-state index contributed by atoms with van der Waals surface area (Å²) in [6.45, 7) is 0. The SMILES string of the molecule is O=C(Cc1ccc(-n2cccc2)cc1)Nc1ncccc1O. The van der Waals surface area contributed by atoms with Crippen molar-refractivity contribution in [3.8, 4) is 11.4 Å². The number of hydrogen-bond donors (Lipinski definition) is 2. The zero-order valence-corrected chi connectivity index (χ0v) is 11.8. The van der Waals surface area contributed by atoms with E-state index in [1.165, 1.54) is 12.3 Å². The normalized spacial score (nSPS) is 10.4. The first kappa shape index (κ1) is 13.9. The second kappa shape index (κ2) is 6.13. The molecule has 0 aliphatic carbocycles. The molecular formula is C17H15N3O2. The number of hydrogen-bond acceptors (Lipinski definition) is 3. The molecule has 3 rings (SSSR count). The molecule has 0 spiro atoms. The van der Waals surface area contributed by atoms with Crippen LogP contribution >= 0.6 is 0 Å². The van der Waals surface area contributed by atoms with Gasteiger partial charge in [0, 0.05) is 24.3 Å². The predicted octanol–water partition coefficient (Wildman–Crippen LogP) is 2.76. The number of anilines is 1. The molecule has 0 atom stereocenters. The van der Waals surface area contributed by atoms with Gasteiger partial charge < -0.3 is 15.0 Å². The number of amides is 1. The van der Waals surface area contributed by atoms with Crippen LogP contribution in [0.15, 0.2) is 67.1 Å². The van der Waals surface area contributed by atoms with E-state index < -0.39 is 0 Å². The van der Waals surface area contributed by atoms with Gasteiger partial charge in [-0.15, -0.1) is 0 Å². The maximum absolute atomic E-state index is 12.0. The van der Waals surface area contributed by atoms with E-state index >= 15 is 0 Å². The van der Waals surface area contributed by atoms with Gasteiger partial charge in [-0.3, -0.25) is 4.79 Å². The van der Waals surface area contributed by atoms with Crippen LogP contribution in [0.2, 0.25) is 0 Å². The molecule has 1 aromatic carbocycles. The van der Waals surface area contributed by atoms with E-state index in [1.807, 2.05) is 53.4 Å². The molecule has 5 nitrogen and oxygen atoms in total. The van der Waals surface area contributed by atoms with Crippen LogP contribution in [0.3, 0.4) is 0 Å². The fourth-order valence-electron chi connectivity index (χ4n) is 2.15. The zero-order chi connectivity index (χ0) is 15.4. The number of nitrogens with zero attached hydrogens (tertiary/aromatic N) is 2. The average Bonchev–Trinajstić information content (AvgIpc) is 3.05. The molecule has 0 aliphatic heterocycles. The molecule has 110 valence electrons. The van der Waals surface area contributed by atoms with Gasteiger partial charge in [-0.25, -0.2) is 4.98 Å². The third kappa shape index (κ3) is 3.15. The van der Waals surface area contributed by atoms with Crippen molar-refractivity contribution in [2.75, 3.05) is 5.32 Å². The number of rotatable bonds is 4. The fourth-order valence-corrected chi connectivity index (χ4v) is 2.15. The molecule has 0 unspecified atom stereocenters. The van der Waals surface area contributed by atoms with Crippen LogP contribution in [0.4, 0.5) is 5.82 Å². The lowest BCUT2D eigenvalue weighted by molar-refractivity contribution is -0.115. The van der Waals surface area contributed by atoms with E-state index in [4.69, 9.17) is 0 Å². The average molecular weight is 293 g/mol. The van der Waals surface area contributed by atoms with Crippen LogP contribution in [0.25, 0.3) is 5.69 Å². The van der Waals surface area contributed by atoms with Gasteiger partial charge in [-0.05, 0) is 42.0 Å². The Kier molecular flexibility index (Phi) is 3.87. The number of aromatic nitrogens is 2. The van der Waals surface area contributed by atoms with Gasteiger partial charge >= 0.3 is 0 Å². The van der Waals surface area contributed by atoms with E-state index in [0.717, 1.165) is 11.3 Å². The first-order valence-electron chi connectivity index (χ1n) is 6.88. The van der Waals surface area contributed by atoms with Crippen molar-refractivity contribution in [3.63, 3.8) is 0 Å². The maximum Gasteiger partial charge on any atom is 0.230 e. The first-order valence-corrected chi connectivity index (χ1v) is 6.88. The summed E-state index contributed by atoms with van der Waals surface area (Å²) in [7, 11) is 0. The van der Waals surface area contributed by atoms with Gasteiger partial charge in [0.2, 0.25) is 5.91 Å². The number of carbonyl (C=O) groups is 1. The van der Waals surface area contributed by atoms with Crippen molar-refractivity contribution >= 4 is 11.7 Å². The standard InChI is InChI=1S/C17H15N3O2/c21-15-4-3-9-18-17(15)19-16(22)12-13-5-7-14(8-6-13)20-10-1-2-11-20/h1-11,21H,12H2,(H,18,19,22). The molecule has 22 heavy (non-hydrogen) atoms. The van der Waals surface area contributed by atoms with E-state index in [9.17, 15) is 9.90 Å². The van der Waals surface area contributed by atoms with Crippen LogP contribution in [0.1, 0.15) is 5.56 Å². The topological polar surface area (TPSA) is 67.2 Å². The molecule has 0 saturated heterocycles. The molecule has 2 aromatic heterocycles. The molecule has 0 radical (unpaired) electrons. The third-order valence-corrected chi connectivity index (χ3v) is 3.25. The summed E-state index contributed by atoms with van der Waals surface area (Å²) in [5.74, 6) is -0.0852. The van der Waals surface area contributed by atoms with Crippen LogP contribution in [0.5, 0.6) is 5.75 Å². The van der Waals surface area contributed by atoms with Gasteiger partial charge in [0.15, 0.2) is 11.6 Å². The summed E-state index contributed by atoms with van der Waals surface area (Å²) in [5.41, 5.74) is 1.93. The van der Waals surface area contributed by atoms with Crippen LogP contribution in [-0.2, 0) is 11.2 Å².